The third kappa shape index (κ3) is 7.85. The largest absolute Gasteiger partial charge is 0.444 e. The molecule has 5 aliphatic rings. The molecular weight excluding hydrogens is 664 g/mol. The van der Waals surface area contributed by atoms with E-state index in [1.165, 1.54) is 9.80 Å². The van der Waals surface area contributed by atoms with E-state index in [1.54, 1.807) is 53.7 Å². The fraction of sp³-hybridized carbons (Fsp3) is 0.550. The van der Waals surface area contributed by atoms with Crippen LogP contribution in [0.4, 0.5) is 9.59 Å². The minimum absolute atomic E-state index is 0.0725. The summed E-state index contributed by atoms with van der Waals surface area (Å²) in [5.41, 5.74) is 4.11. The summed E-state index contributed by atoms with van der Waals surface area (Å²) >= 11 is 0. The third-order valence-electron chi connectivity index (χ3n) is 10.3. The van der Waals surface area contributed by atoms with E-state index in [0.29, 0.717) is 49.9 Å². The van der Waals surface area contributed by atoms with Crippen LogP contribution in [0.1, 0.15) is 135 Å². The maximum atomic E-state index is 13.3. The third-order valence-corrected chi connectivity index (χ3v) is 10.3. The molecule has 0 spiro atoms. The van der Waals surface area contributed by atoms with Gasteiger partial charge in [0.1, 0.15) is 23.3 Å². The van der Waals surface area contributed by atoms with Crippen molar-refractivity contribution >= 4 is 35.6 Å². The zero-order valence-electron chi connectivity index (χ0n) is 31.0. The van der Waals surface area contributed by atoms with Gasteiger partial charge in [-0.3, -0.25) is 29.0 Å². The lowest BCUT2D eigenvalue weighted by Gasteiger charge is -2.40. The van der Waals surface area contributed by atoms with Gasteiger partial charge in [0, 0.05) is 36.1 Å². The Morgan fingerprint density at radius 3 is 1.35 bits per heavy atom. The second-order valence-corrected chi connectivity index (χ2v) is 16.3. The number of hydrogen-bond acceptors (Lipinski definition) is 8. The van der Waals surface area contributed by atoms with Crippen LogP contribution in [0.3, 0.4) is 0 Å². The number of fused-ring (bicyclic) bond motifs is 1. The van der Waals surface area contributed by atoms with Gasteiger partial charge in [0.15, 0.2) is 11.6 Å². The van der Waals surface area contributed by atoms with Gasteiger partial charge in [-0.25, -0.2) is 9.59 Å². The Morgan fingerprint density at radius 1 is 0.596 bits per heavy atom. The van der Waals surface area contributed by atoms with Crippen LogP contribution in [0.15, 0.2) is 36.4 Å². The molecular formula is C40H50N4O8. The number of benzene rings is 2. The average Bonchev–Trinajstić information content (AvgIpc) is 3.79. The Morgan fingerprint density at radius 2 is 0.981 bits per heavy atom. The number of hydrogen-bond donors (Lipinski definition) is 2. The number of carbonyl (C=O) groups is 6. The highest BCUT2D eigenvalue weighted by Gasteiger charge is 2.40. The second kappa shape index (κ2) is 14.4. The lowest BCUT2D eigenvalue weighted by molar-refractivity contribution is -0.125. The van der Waals surface area contributed by atoms with Crippen molar-refractivity contribution in [3.8, 4) is 0 Å². The monoisotopic (exact) mass is 714 g/mol. The first-order valence-electron chi connectivity index (χ1n) is 18.4. The Labute approximate surface area is 304 Å². The number of carbonyl (C=O) groups excluding carboxylic acids is 6. The molecule has 0 saturated carbocycles. The zero-order chi connectivity index (χ0) is 37.5. The molecule has 12 nitrogen and oxygen atoms in total. The van der Waals surface area contributed by atoms with Gasteiger partial charge < -0.3 is 20.1 Å². The predicted octanol–water partition coefficient (Wildman–Crippen LogP) is 5.45. The van der Waals surface area contributed by atoms with Gasteiger partial charge in [-0.1, -0.05) is 24.3 Å². The highest BCUT2D eigenvalue weighted by atomic mass is 16.6. The smallest absolute Gasteiger partial charge is 0.410 e. The van der Waals surface area contributed by atoms with Crippen molar-refractivity contribution in [3.63, 3.8) is 0 Å². The minimum Gasteiger partial charge on any atom is -0.444 e. The van der Waals surface area contributed by atoms with E-state index in [9.17, 15) is 28.8 Å². The Kier molecular flexibility index (Phi) is 10.2. The fourth-order valence-electron chi connectivity index (χ4n) is 7.96. The SMILES string of the molecule is CC(C)(C)OC(=O)N1CCC[C@H]1C(=O)NCC(=O)c1ccc2c(c1)C1CCC2c2cc(C(=O)CNC(=O)[C@@H]3CCCN3C(=O)OC(C)(C)C)ccc21. The van der Waals surface area contributed by atoms with Crippen LogP contribution in [0, 0.1) is 0 Å². The standard InChI is InChI=1S/C40H50N4O8/c1-39(2,3)51-37(49)43-17-7-9-31(43)35(47)41-21-33(45)23-11-13-25-28-16-15-27(29(25)19-23)26-14-12-24(20-30(26)28)34(46)22-42-36(48)32-10-8-18-44(32)38(50)52-40(4,5)6/h11-14,19-20,27-28,31-32H,7-10,15-18,21-22H2,1-6H3,(H,41,47)(H,42,48)/t27?,28?,31-,32-/m0/s1. The summed E-state index contributed by atoms with van der Waals surface area (Å²) < 4.78 is 10.9. The van der Waals surface area contributed by atoms with Crippen LogP contribution < -0.4 is 10.6 Å². The molecule has 2 aromatic carbocycles. The van der Waals surface area contributed by atoms with E-state index < -0.39 is 35.5 Å². The van der Waals surface area contributed by atoms with Gasteiger partial charge in [0.25, 0.3) is 0 Å². The van der Waals surface area contributed by atoms with Crippen LogP contribution in [0.25, 0.3) is 0 Å². The number of likely N-dealkylation sites (tertiary alicyclic amines) is 2. The molecule has 2 heterocycles. The Hall–Kier alpha value is -4.74. The van der Waals surface area contributed by atoms with Crippen molar-refractivity contribution in [2.24, 2.45) is 0 Å². The molecule has 2 aromatic rings. The first kappa shape index (κ1) is 37.0. The van der Waals surface area contributed by atoms with E-state index in [1.807, 2.05) is 24.3 Å². The van der Waals surface area contributed by atoms with E-state index in [4.69, 9.17) is 9.47 Å². The molecule has 12 heteroatoms. The lowest BCUT2D eigenvalue weighted by Crippen LogP contribution is -2.48. The van der Waals surface area contributed by atoms with Crippen molar-refractivity contribution < 1.29 is 38.2 Å². The summed E-state index contributed by atoms with van der Waals surface area (Å²) in [5, 5.41) is 5.49. The van der Waals surface area contributed by atoms with Crippen molar-refractivity contribution in [3.05, 3.63) is 69.8 Å². The van der Waals surface area contributed by atoms with Gasteiger partial charge in [-0.15, -0.1) is 0 Å². The number of rotatable bonds is 8. The predicted molar refractivity (Wildman–Crippen MR) is 192 cm³/mol. The zero-order valence-corrected chi connectivity index (χ0v) is 31.0. The molecule has 4 atom stereocenters. The molecule has 2 saturated heterocycles. The summed E-state index contributed by atoms with van der Waals surface area (Å²) in [6, 6.07) is 10.1. The van der Waals surface area contributed by atoms with E-state index in [0.717, 1.165) is 35.1 Å². The first-order valence-corrected chi connectivity index (χ1v) is 18.4. The van der Waals surface area contributed by atoms with Crippen molar-refractivity contribution in [1.82, 2.24) is 20.4 Å². The fourth-order valence-corrected chi connectivity index (χ4v) is 7.96. The normalized spacial score (nSPS) is 22.0. The highest BCUT2D eigenvalue weighted by Crippen LogP contribution is 2.53. The van der Waals surface area contributed by atoms with Crippen LogP contribution in [-0.4, -0.2) is 94.8 Å². The molecule has 3 aliphatic carbocycles. The van der Waals surface area contributed by atoms with Gasteiger partial charge in [0.05, 0.1) is 13.1 Å². The number of nitrogens with one attached hydrogen (secondary N) is 2. The van der Waals surface area contributed by atoms with Crippen LogP contribution >= 0.6 is 0 Å². The first-order chi connectivity index (χ1) is 24.5. The molecule has 278 valence electrons. The van der Waals surface area contributed by atoms with Crippen molar-refractivity contribution in [2.75, 3.05) is 26.2 Å². The molecule has 52 heavy (non-hydrogen) atoms. The maximum Gasteiger partial charge on any atom is 0.410 e. The molecule has 2 fully saturated rings. The van der Waals surface area contributed by atoms with Gasteiger partial charge >= 0.3 is 12.2 Å². The summed E-state index contributed by atoms with van der Waals surface area (Å²) in [6.07, 6.45) is 3.16. The van der Waals surface area contributed by atoms with Crippen LogP contribution in [-0.2, 0) is 19.1 Å². The number of ketones is 2. The molecule has 2 unspecified atom stereocenters. The van der Waals surface area contributed by atoms with E-state index in [-0.39, 0.29) is 48.3 Å². The van der Waals surface area contributed by atoms with Crippen LogP contribution in [0.2, 0.25) is 0 Å². The quantitative estimate of drug-likeness (QED) is 0.343. The second-order valence-electron chi connectivity index (χ2n) is 16.3. The molecule has 2 aliphatic heterocycles. The van der Waals surface area contributed by atoms with E-state index >= 15 is 0 Å². The summed E-state index contributed by atoms with van der Waals surface area (Å²) in [5.74, 6) is -1.02. The van der Waals surface area contributed by atoms with E-state index in [2.05, 4.69) is 10.6 Å². The van der Waals surface area contributed by atoms with Gasteiger partial charge in [-0.2, -0.15) is 0 Å². The molecule has 2 N–H and O–H groups in total. The molecule has 4 amide bonds. The summed E-state index contributed by atoms with van der Waals surface area (Å²) in [7, 11) is 0. The number of amides is 4. The summed E-state index contributed by atoms with van der Waals surface area (Å²) in [6.45, 7) is 11.2. The van der Waals surface area contributed by atoms with Crippen molar-refractivity contribution in [2.45, 2.75) is 115 Å². The topological polar surface area (TPSA) is 151 Å². The van der Waals surface area contributed by atoms with Crippen LogP contribution in [0.5, 0.6) is 0 Å². The maximum absolute atomic E-state index is 13.3. The Bertz CT molecular complexity index is 1660. The number of nitrogens with zero attached hydrogens (tertiary/aromatic N) is 2. The highest BCUT2D eigenvalue weighted by molar-refractivity contribution is 6.01. The number of Topliss-reactive ketones (excluding diaryl/α,β-unsaturated/α-hetero) is 2. The summed E-state index contributed by atoms with van der Waals surface area (Å²) in [4.78, 5) is 80.9. The number of ether oxygens (including phenoxy) is 2. The van der Waals surface area contributed by atoms with Crippen molar-refractivity contribution in [1.29, 1.82) is 0 Å². The molecule has 2 bridgehead atoms. The lowest BCUT2D eigenvalue weighted by atomic mass is 9.63. The van der Waals surface area contributed by atoms with Gasteiger partial charge in [-0.05, 0) is 114 Å². The van der Waals surface area contributed by atoms with Gasteiger partial charge in [0.2, 0.25) is 11.8 Å². The molecule has 0 radical (unpaired) electrons. The minimum atomic E-state index is -0.674. The Balaban J connectivity index is 1.07. The average molecular weight is 715 g/mol. The molecule has 7 rings (SSSR count). The molecule has 0 aromatic heterocycles.